The van der Waals surface area contributed by atoms with Crippen LogP contribution < -0.4 is 10.1 Å². The maximum Gasteiger partial charge on any atom is 0.119 e. The second kappa shape index (κ2) is 7.37. The third-order valence-corrected chi connectivity index (χ3v) is 3.61. The number of halogens is 1. The summed E-state index contributed by atoms with van der Waals surface area (Å²) in [6.07, 6.45) is 0.928. The minimum Gasteiger partial charge on any atom is -0.494 e. The van der Waals surface area contributed by atoms with E-state index in [4.69, 9.17) is 16.3 Å². The number of hydrogen-bond donors (Lipinski definition) is 1. The Balaban J connectivity index is 1.78. The van der Waals surface area contributed by atoms with Gasteiger partial charge in [0.15, 0.2) is 0 Å². The smallest absolute Gasteiger partial charge is 0.119 e. The zero-order valence-electron chi connectivity index (χ0n) is 12.9. The van der Waals surface area contributed by atoms with Crippen molar-refractivity contribution in [1.29, 1.82) is 0 Å². The minimum atomic E-state index is 0.693. The van der Waals surface area contributed by atoms with Crippen molar-refractivity contribution in [2.24, 2.45) is 0 Å². The Morgan fingerprint density at radius 2 is 1.86 bits per heavy atom. The van der Waals surface area contributed by atoms with Crippen molar-refractivity contribution in [3.05, 3.63) is 58.1 Å². The van der Waals surface area contributed by atoms with Crippen LogP contribution in [0.2, 0.25) is 5.02 Å². The zero-order valence-corrected chi connectivity index (χ0v) is 13.6. The van der Waals surface area contributed by atoms with Gasteiger partial charge in [-0.15, -0.1) is 0 Å². The molecule has 112 valence electrons. The highest BCUT2D eigenvalue weighted by atomic mass is 35.5. The maximum atomic E-state index is 6.27. The molecule has 0 aliphatic heterocycles. The molecular weight excluding hydrogens is 282 g/mol. The number of aryl methyl sites for hydroxylation is 3. The zero-order chi connectivity index (χ0) is 15.2. The van der Waals surface area contributed by atoms with Gasteiger partial charge >= 0.3 is 0 Å². The first-order valence-electron chi connectivity index (χ1n) is 7.26. The van der Waals surface area contributed by atoms with Crippen LogP contribution in [0.1, 0.15) is 23.1 Å². The first-order valence-corrected chi connectivity index (χ1v) is 7.64. The van der Waals surface area contributed by atoms with E-state index < -0.39 is 0 Å². The highest BCUT2D eigenvalue weighted by Gasteiger charge is 2.04. The Bertz CT molecular complexity index is 587. The first-order chi connectivity index (χ1) is 10.1. The molecule has 0 radical (unpaired) electrons. The third kappa shape index (κ3) is 4.68. The van der Waals surface area contributed by atoms with Gasteiger partial charge in [0.25, 0.3) is 0 Å². The molecule has 2 rings (SSSR count). The van der Waals surface area contributed by atoms with Gasteiger partial charge in [0, 0.05) is 6.54 Å². The second-order valence-corrected chi connectivity index (χ2v) is 5.79. The largest absolute Gasteiger partial charge is 0.494 e. The highest BCUT2D eigenvalue weighted by Crippen LogP contribution is 2.27. The van der Waals surface area contributed by atoms with E-state index in [0.29, 0.717) is 6.61 Å². The van der Waals surface area contributed by atoms with Crippen molar-refractivity contribution < 1.29 is 4.74 Å². The van der Waals surface area contributed by atoms with Crippen molar-refractivity contribution in [3.63, 3.8) is 0 Å². The predicted molar refractivity (Wildman–Crippen MR) is 90.7 cm³/mol. The van der Waals surface area contributed by atoms with Crippen LogP contribution in [0.25, 0.3) is 0 Å². The Morgan fingerprint density at radius 1 is 1.05 bits per heavy atom. The topological polar surface area (TPSA) is 21.3 Å². The maximum absolute atomic E-state index is 6.27. The second-order valence-electron chi connectivity index (χ2n) is 5.38. The molecule has 0 amide bonds. The van der Waals surface area contributed by atoms with E-state index in [1.54, 1.807) is 0 Å². The Kier molecular flexibility index (Phi) is 5.51. The van der Waals surface area contributed by atoms with Gasteiger partial charge in [-0.1, -0.05) is 29.8 Å². The fourth-order valence-electron chi connectivity index (χ4n) is 2.32. The molecule has 0 unspecified atom stereocenters. The van der Waals surface area contributed by atoms with Gasteiger partial charge in [0.1, 0.15) is 5.75 Å². The van der Waals surface area contributed by atoms with Gasteiger partial charge in [0.05, 0.1) is 17.3 Å². The summed E-state index contributed by atoms with van der Waals surface area (Å²) in [5, 5.41) is 4.18. The summed E-state index contributed by atoms with van der Waals surface area (Å²) in [6.45, 7) is 7.73. The summed E-state index contributed by atoms with van der Waals surface area (Å²) < 4.78 is 5.73. The molecule has 0 atom stereocenters. The molecule has 2 nitrogen and oxygen atoms in total. The van der Waals surface area contributed by atoms with Crippen LogP contribution in [0.3, 0.4) is 0 Å². The molecule has 2 aromatic rings. The van der Waals surface area contributed by atoms with Crippen LogP contribution >= 0.6 is 11.6 Å². The van der Waals surface area contributed by atoms with Gasteiger partial charge in [-0.05, 0) is 62.1 Å². The van der Waals surface area contributed by atoms with E-state index in [2.05, 4.69) is 44.3 Å². The van der Waals surface area contributed by atoms with E-state index in [9.17, 15) is 0 Å². The van der Waals surface area contributed by atoms with Crippen molar-refractivity contribution in [2.75, 3.05) is 18.5 Å². The van der Waals surface area contributed by atoms with Crippen LogP contribution in [-0.2, 0) is 0 Å². The van der Waals surface area contributed by atoms with E-state index in [0.717, 1.165) is 29.4 Å². The van der Waals surface area contributed by atoms with Crippen molar-refractivity contribution >= 4 is 17.3 Å². The summed E-state index contributed by atoms with van der Waals surface area (Å²) in [5.74, 6) is 0.930. The van der Waals surface area contributed by atoms with Crippen molar-refractivity contribution in [1.82, 2.24) is 0 Å². The molecule has 0 saturated heterocycles. The van der Waals surface area contributed by atoms with Gasteiger partial charge in [-0.2, -0.15) is 0 Å². The molecule has 0 aromatic heterocycles. The molecule has 0 aliphatic carbocycles. The summed E-state index contributed by atoms with van der Waals surface area (Å²) in [5.41, 5.74) is 4.61. The average molecular weight is 304 g/mol. The van der Waals surface area contributed by atoms with Gasteiger partial charge < -0.3 is 10.1 Å². The number of benzene rings is 2. The van der Waals surface area contributed by atoms with E-state index in [-0.39, 0.29) is 0 Å². The lowest BCUT2D eigenvalue weighted by Gasteiger charge is -2.13. The standard InChI is InChI=1S/C18H22ClNO/c1-13-6-4-7-16(11-13)21-9-5-8-20-18-15(3)10-14(2)12-17(18)19/h4,6-7,10-12,20H,5,8-9H2,1-3H3. The number of nitrogens with one attached hydrogen (secondary N) is 1. The molecule has 3 heteroatoms. The third-order valence-electron chi connectivity index (χ3n) is 3.31. The van der Waals surface area contributed by atoms with Crippen molar-refractivity contribution in [2.45, 2.75) is 27.2 Å². The lowest BCUT2D eigenvalue weighted by atomic mass is 10.1. The van der Waals surface area contributed by atoms with Gasteiger partial charge in [0.2, 0.25) is 0 Å². The highest BCUT2D eigenvalue weighted by molar-refractivity contribution is 6.33. The lowest BCUT2D eigenvalue weighted by Crippen LogP contribution is -2.08. The van der Waals surface area contributed by atoms with Crippen LogP contribution in [-0.4, -0.2) is 13.2 Å². The Morgan fingerprint density at radius 3 is 2.57 bits per heavy atom. The minimum absolute atomic E-state index is 0.693. The molecule has 21 heavy (non-hydrogen) atoms. The van der Waals surface area contributed by atoms with Crippen LogP contribution in [0, 0.1) is 20.8 Å². The van der Waals surface area contributed by atoms with Crippen LogP contribution in [0.5, 0.6) is 5.75 Å². The predicted octanol–water partition coefficient (Wildman–Crippen LogP) is 5.15. The molecule has 0 heterocycles. The average Bonchev–Trinajstić information content (AvgIpc) is 2.41. The van der Waals surface area contributed by atoms with E-state index in [1.165, 1.54) is 16.7 Å². The molecule has 0 spiro atoms. The fraction of sp³-hybridized carbons (Fsp3) is 0.333. The number of anilines is 1. The van der Waals surface area contributed by atoms with Gasteiger partial charge in [-0.3, -0.25) is 0 Å². The molecule has 0 bridgehead atoms. The van der Waals surface area contributed by atoms with E-state index >= 15 is 0 Å². The first kappa shape index (κ1) is 15.7. The Labute approximate surface area is 132 Å². The lowest BCUT2D eigenvalue weighted by molar-refractivity contribution is 0.315. The molecular formula is C18H22ClNO. The summed E-state index contributed by atoms with van der Waals surface area (Å²) in [6, 6.07) is 12.2. The monoisotopic (exact) mass is 303 g/mol. The molecule has 0 saturated carbocycles. The molecule has 1 N–H and O–H groups in total. The van der Waals surface area contributed by atoms with Crippen LogP contribution in [0.4, 0.5) is 5.69 Å². The summed E-state index contributed by atoms with van der Waals surface area (Å²) in [4.78, 5) is 0. The number of ether oxygens (including phenoxy) is 1. The fourth-order valence-corrected chi connectivity index (χ4v) is 2.71. The Hall–Kier alpha value is -1.67. The quantitative estimate of drug-likeness (QED) is 0.745. The van der Waals surface area contributed by atoms with Crippen molar-refractivity contribution in [3.8, 4) is 5.75 Å². The van der Waals surface area contributed by atoms with Crippen LogP contribution in [0.15, 0.2) is 36.4 Å². The summed E-state index contributed by atoms with van der Waals surface area (Å²) >= 11 is 6.27. The molecule has 0 fully saturated rings. The molecule has 2 aromatic carbocycles. The SMILES string of the molecule is Cc1cccc(OCCCNc2c(C)cc(C)cc2Cl)c1. The number of rotatable bonds is 6. The van der Waals surface area contributed by atoms with E-state index in [1.807, 2.05) is 18.2 Å². The molecule has 0 aliphatic rings. The van der Waals surface area contributed by atoms with Gasteiger partial charge in [-0.25, -0.2) is 0 Å². The summed E-state index contributed by atoms with van der Waals surface area (Å²) in [7, 11) is 0. The number of hydrogen-bond acceptors (Lipinski definition) is 2. The normalized spacial score (nSPS) is 10.5.